The largest absolute Gasteiger partial charge is 0.424 e. The molecule has 0 spiro atoms. The van der Waals surface area contributed by atoms with Gasteiger partial charge in [-0.25, -0.2) is 4.98 Å². The van der Waals surface area contributed by atoms with Crippen LogP contribution >= 0.6 is 0 Å². The van der Waals surface area contributed by atoms with Crippen molar-refractivity contribution in [2.45, 2.75) is 37.1 Å². The number of amides is 1. The SMILES string of the molecule is Cn1ccnc1[C@](O)(CCNC(=O)CNC[C@@H]1CCCO1)C(F)(F)F. The molecule has 2 rings (SSSR count). The number of hydrogen-bond donors (Lipinski definition) is 3. The van der Waals surface area contributed by atoms with Gasteiger partial charge in [-0.05, 0) is 12.8 Å². The van der Waals surface area contributed by atoms with E-state index < -0.39 is 29.9 Å². The van der Waals surface area contributed by atoms with Crippen molar-refractivity contribution in [1.82, 2.24) is 20.2 Å². The average Bonchev–Trinajstić information content (AvgIpc) is 3.17. The van der Waals surface area contributed by atoms with Crippen LogP contribution in [0.1, 0.15) is 25.1 Å². The number of carbonyl (C=O) groups excluding carboxylic acids is 1. The number of imidazole rings is 1. The van der Waals surface area contributed by atoms with E-state index in [-0.39, 0.29) is 19.2 Å². The van der Waals surface area contributed by atoms with Gasteiger partial charge in [0.05, 0.1) is 12.6 Å². The molecule has 3 N–H and O–H groups in total. The van der Waals surface area contributed by atoms with Crippen LogP contribution in [0.15, 0.2) is 12.4 Å². The average molecular weight is 364 g/mol. The molecular weight excluding hydrogens is 341 g/mol. The Balaban J connectivity index is 1.80. The van der Waals surface area contributed by atoms with E-state index in [1.807, 2.05) is 0 Å². The second-order valence-corrected chi connectivity index (χ2v) is 6.09. The maximum Gasteiger partial charge on any atom is 0.424 e. The summed E-state index contributed by atoms with van der Waals surface area (Å²) >= 11 is 0. The summed E-state index contributed by atoms with van der Waals surface area (Å²) < 4.78 is 46.4. The summed E-state index contributed by atoms with van der Waals surface area (Å²) in [7, 11) is 1.37. The molecule has 0 saturated carbocycles. The van der Waals surface area contributed by atoms with Gasteiger partial charge in [0.25, 0.3) is 0 Å². The molecular formula is C15H23F3N4O3. The first-order chi connectivity index (χ1) is 11.7. The molecule has 1 fully saturated rings. The van der Waals surface area contributed by atoms with Crippen LogP contribution in [-0.2, 0) is 22.2 Å². The van der Waals surface area contributed by atoms with Crippen LogP contribution in [0.4, 0.5) is 13.2 Å². The van der Waals surface area contributed by atoms with E-state index in [2.05, 4.69) is 15.6 Å². The zero-order valence-corrected chi connectivity index (χ0v) is 14.0. The standard InChI is InChI=1S/C15H23F3N4O3/c1-22-7-6-21-13(22)14(24,15(16,17)18)4-5-20-12(23)10-19-9-11-3-2-8-25-11/h6-7,11,19,24H,2-5,8-10H2,1H3,(H,20,23)/t11-,14+/m0/s1. The van der Waals surface area contributed by atoms with E-state index in [0.29, 0.717) is 13.2 Å². The lowest BCUT2D eigenvalue weighted by molar-refractivity contribution is -0.272. The van der Waals surface area contributed by atoms with Crippen molar-refractivity contribution in [2.24, 2.45) is 7.05 Å². The zero-order valence-electron chi connectivity index (χ0n) is 14.0. The lowest BCUT2D eigenvalue weighted by atomic mass is 9.97. The summed E-state index contributed by atoms with van der Waals surface area (Å²) in [5, 5.41) is 15.4. The van der Waals surface area contributed by atoms with Crippen molar-refractivity contribution in [3.63, 3.8) is 0 Å². The Kier molecular flexibility index (Phi) is 6.42. The Morgan fingerprint density at radius 2 is 2.28 bits per heavy atom. The molecule has 7 nitrogen and oxygen atoms in total. The van der Waals surface area contributed by atoms with Crippen molar-refractivity contribution >= 4 is 5.91 Å². The van der Waals surface area contributed by atoms with Crippen molar-refractivity contribution in [3.05, 3.63) is 18.2 Å². The number of hydrogen-bond acceptors (Lipinski definition) is 5. The van der Waals surface area contributed by atoms with E-state index in [4.69, 9.17) is 4.74 Å². The van der Waals surface area contributed by atoms with Gasteiger partial charge in [-0.15, -0.1) is 0 Å². The summed E-state index contributed by atoms with van der Waals surface area (Å²) in [5.74, 6) is -0.951. The van der Waals surface area contributed by atoms with E-state index >= 15 is 0 Å². The first kappa shape index (κ1) is 19.7. The van der Waals surface area contributed by atoms with Gasteiger partial charge in [0.15, 0.2) is 0 Å². The molecule has 0 aromatic carbocycles. The Bertz CT molecular complexity index is 573. The fourth-order valence-electron chi connectivity index (χ4n) is 2.74. The monoisotopic (exact) mass is 364 g/mol. The molecule has 2 heterocycles. The molecule has 25 heavy (non-hydrogen) atoms. The van der Waals surface area contributed by atoms with Crippen LogP contribution in [0.5, 0.6) is 0 Å². The number of carbonyl (C=O) groups is 1. The molecule has 1 aromatic rings. The van der Waals surface area contributed by atoms with E-state index in [1.54, 1.807) is 0 Å². The number of aliphatic hydroxyl groups is 1. The lowest BCUT2D eigenvalue weighted by Gasteiger charge is -2.30. The van der Waals surface area contributed by atoms with Gasteiger partial charge >= 0.3 is 6.18 Å². The fraction of sp³-hybridized carbons (Fsp3) is 0.733. The van der Waals surface area contributed by atoms with Crippen molar-refractivity contribution in [1.29, 1.82) is 0 Å². The van der Waals surface area contributed by atoms with Crippen LogP contribution < -0.4 is 10.6 Å². The van der Waals surface area contributed by atoms with Crippen molar-refractivity contribution in [3.8, 4) is 0 Å². The van der Waals surface area contributed by atoms with Crippen LogP contribution in [-0.4, -0.2) is 59.1 Å². The minimum atomic E-state index is -4.91. The normalized spacial score (nSPS) is 20.4. The van der Waals surface area contributed by atoms with Gasteiger partial charge in [0.1, 0.15) is 5.82 Å². The van der Waals surface area contributed by atoms with Gasteiger partial charge in [0.2, 0.25) is 11.5 Å². The number of aromatic nitrogens is 2. The van der Waals surface area contributed by atoms with Gasteiger partial charge in [-0.3, -0.25) is 4.79 Å². The van der Waals surface area contributed by atoms with Crippen LogP contribution in [0.2, 0.25) is 0 Å². The van der Waals surface area contributed by atoms with E-state index in [9.17, 15) is 23.1 Å². The predicted molar refractivity (Wildman–Crippen MR) is 82.6 cm³/mol. The number of alkyl halides is 3. The summed E-state index contributed by atoms with van der Waals surface area (Å²) in [6, 6.07) is 0. The Labute approximate surface area is 143 Å². The summed E-state index contributed by atoms with van der Waals surface area (Å²) in [6.45, 7) is 0.880. The van der Waals surface area contributed by atoms with Gasteiger partial charge in [-0.1, -0.05) is 0 Å². The third-order valence-corrected chi connectivity index (χ3v) is 4.15. The second-order valence-electron chi connectivity index (χ2n) is 6.09. The van der Waals surface area contributed by atoms with Gasteiger partial charge in [0, 0.05) is 45.6 Å². The molecule has 10 heteroatoms. The molecule has 142 valence electrons. The molecule has 1 amide bonds. The minimum absolute atomic E-state index is 0.0211. The second kappa shape index (κ2) is 8.15. The molecule has 0 aliphatic carbocycles. The first-order valence-electron chi connectivity index (χ1n) is 8.10. The molecule has 0 radical (unpaired) electrons. The van der Waals surface area contributed by atoms with Crippen LogP contribution in [0.25, 0.3) is 0 Å². The number of nitrogens with zero attached hydrogens (tertiary/aromatic N) is 2. The van der Waals surface area contributed by atoms with Crippen molar-refractivity contribution < 1.29 is 27.8 Å². The highest BCUT2D eigenvalue weighted by atomic mass is 19.4. The van der Waals surface area contributed by atoms with E-state index in [1.165, 1.54) is 19.4 Å². The molecule has 1 aromatic heterocycles. The van der Waals surface area contributed by atoms with Gasteiger partial charge in [-0.2, -0.15) is 13.2 Å². The maximum atomic E-state index is 13.3. The smallest absolute Gasteiger partial charge is 0.377 e. The van der Waals surface area contributed by atoms with Crippen molar-refractivity contribution in [2.75, 3.05) is 26.2 Å². The topological polar surface area (TPSA) is 88.4 Å². The Morgan fingerprint density at radius 3 is 2.84 bits per heavy atom. The summed E-state index contributed by atoms with van der Waals surface area (Å²) in [4.78, 5) is 15.3. The maximum absolute atomic E-state index is 13.3. The van der Waals surface area contributed by atoms with Crippen LogP contribution in [0.3, 0.4) is 0 Å². The highest BCUT2D eigenvalue weighted by Crippen LogP contribution is 2.40. The molecule has 0 bridgehead atoms. The molecule has 1 aliphatic rings. The Morgan fingerprint density at radius 1 is 1.52 bits per heavy atom. The number of rotatable bonds is 8. The molecule has 0 unspecified atom stereocenters. The number of nitrogens with one attached hydrogen (secondary N) is 2. The summed E-state index contributed by atoms with van der Waals surface area (Å²) in [5.41, 5.74) is -3.12. The summed E-state index contributed by atoms with van der Waals surface area (Å²) in [6.07, 6.45) is -1.14. The number of halogens is 3. The Hall–Kier alpha value is -1.65. The molecule has 1 aliphatic heterocycles. The lowest BCUT2D eigenvalue weighted by Crippen LogP contribution is -2.47. The predicted octanol–water partition coefficient (Wildman–Crippen LogP) is 0.445. The zero-order chi connectivity index (χ0) is 18.5. The van der Waals surface area contributed by atoms with E-state index in [0.717, 1.165) is 17.4 Å². The third kappa shape index (κ3) is 4.93. The fourth-order valence-corrected chi connectivity index (χ4v) is 2.74. The minimum Gasteiger partial charge on any atom is -0.377 e. The van der Waals surface area contributed by atoms with Gasteiger partial charge < -0.3 is 25.0 Å². The highest BCUT2D eigenvalue weighted by molar-refractivity contribution is 5.77. The third-order valence-electron chi connectivity index (χ3n) is 4.15. The first-order valence-corrected chi connectivity index (χ1v) is 8.10. The molecule has 1 saturated heterocycles. The van der Waals surface area contributed by atoms with Crippen LogP contribution in [0, 0.1) is 0 Å². The number of ether oxygens (including phenoxy) is 1. The number of aryl methyl sites for hydroxylation is 1. The molecule has 2 atom stereocenters. The quantitative estimate of drug-likeness (QED) is 0.623. The highest BCUT2D eigenvalue weighted by Gasteiger charge is 2.57.